The summed E-state index contributed by atoms with van der Waals surface area (Å²) in [5.41, 5.74) is 1.53. The van der Waals surface area contributed by atoms with E-state index in [1.54, 1.807) is 25.3 Å². The number of carbonyl (C=O) groups excluding carboxylic acids is 1. The molecule has 1 amide bonds. The number of nitrogens with zero attached hydrogens (tertiary/aromatic N) is 1. The topological polar surface area (TPSA) is 71.5 Å². The molecule has 0 radical (unpaired) electrons. The van der Waals surface area contributed by atoms with Crippen molar-refractivity contribution in [3.63, 3.8) is 0 Å². The third-order valence-corrected chi connectivity index (χ3v) is 3.07. The number of benzene rings is 1. The standard InChI is InChI=1S/C17H20N2O3/c1-13(20)7-9-19-17(21)15-8-10-18-16(11-15)22-12-14-5-3-2-4-6-14/h2-6,8,10-11,13,20H,7,9,12H2,1H3,(H,19,21). The number of aromatic nitrogens is 1. The number of carbonyl (C=O) groups is 1. The van der Waals surface area contributed by atoms with Crippen molar-refractivity contribution < 1.29 is 14.6 Å². The summed E-state index contributed by atoms with van der Waals surface area (Å²) in [7, 11) is 0. The minimum Gasteiger partial charge on any atom is -0.473 e. The molecular formula is C17H20N2O3. The third-order valence-electron chi connectivity index (χ3n) is 3.07. The smallest absolute Gasteiger partial charge is 0.251 e. The average Bonchev–Trinajstić information content (AvgIpc) is 2.54. The first-order valence-electron chi connectivity index (χ1n) is 7.24. The van der Waals surface area contributed by atoms with Gasteiger partial charge in [-0.25, -0.2) is 4.98 Å². The van der Waals surface area contributed by atoms with E-state index < -0.39 is 6.10 Å². The molecule has 0 saturated heterocycles. The molecule has 1 aromatic carbocycles. The predicted octanol–water partition coefficient (Wildman–Crippen LogP) is 2.16. The molecule has 2 aromatic rings. The molecule has 2 rings (SSSR count). The summed E-state index contributed by atoms with van der Waals surface area (Å²) < 4.78 is 5.59. The van der Waals surface area contributed by atoms with Gasteiger partial charge in [0, 0.05) is 24.4 Å². The van der Waals surface area contributed by atoms with E-state index in [-0.39, 0.29) is 5.91 Å². The van der Waals surface area contributed by atoms with Crippen LogP contribution in [0.2, 0.25) is 0 Å². The lowest BCUT2D eigenvalue weighted by molar-refractivity contribution is 0.0945. The van der Waals surface area contributed by atoms with Crippen LogP contribution in [-0.4, -0.2) is 28.6 Å². The van der Waals surface area contributed by atoms with E-state index >= 15 is 0 Å². The summed E-state index contributed by atoms with van der Waals surface area (Å²) in [5.74, 6) is 0.208. The predicted molar refractivity (Wildman–Crippen MR) is 83.6 cm³/mol. The fraction of sp³-hybridized carbons (Fsp3) is 0.294. The van der Waals surface area contributed by atoms with Crippen molar-refractivity contribution in [2.75, 3.05) is 6.54 Å². The van der Waals surface area contributed by atoms with Gasteiger partial charge in [0.15, 0.2) is 0 Å². The summed E-state index contributed by atoms with van der Waals surface area (Å²) in [6, 6.07) is 13.0. The van der Waals surface area contributed by atoms with Crippen LogP contribution in [0.3, 0.4) is 0 Å². The highest BCUT2D eigenvalue weighted by atomic mass is 16.5. The number of hydrogen-bond donors (Lipinski definition) is 2. The lowest BCUT2D eigenvalue weighted by atomic mass is 10.2. The van der Waals surface area contributed by atoms with Gasteiger partial charge in [-0.05, 0) is 25.0 Å². The molecule has 1 aromatic heterocycles. The van der Waals surface area contributed by atoms with Gasteiger partial charge in [-0.1, -0.05) is 30.3 Å². The number of amides is 1. The highest BCUT2D eigenvalue weighted by molar-refractivity contribution is 5.94. The lowest BCUT2D eigenvalue weighted by Crippen LogP contribution is -2.26. The van der Waals surface area contributed by atoms with Gasteiger partial charge in [0.1, 0.15) is 6.61 Å². The van der Waals surface area contributed by atoms with Gasteiger partial charge in [0.25, 0.3) is 5.91 Å². The fourth-order valence-electron chi connectivity index (χ4n) is 1.86. The SMILES string of the molecule is CC(O)CCNC(=O)c1ccnc(OCc2ccccc2)c1. The molecule has 5 heteroatoms. The molecule has 0 bridgehead atoms. The van der Waals surface area contributed by atoms with Crippen LogP contribution in [0.15, 0.2) is 48.7 Å². The van der Waals surface area contributed by atoms with Gasteiger partial charge in [-0.15, -0.1) is 0 Å². The van der Waals surface area contributed by atoms with Crippen molar-refractivity contribution >= 4 is 5.91 Å². The zero-order chi connectivity index (χ0) is 15.8. The van der Waals surface area contributed by atoms with E-state index in [0.717, 1.165) is 5.56 Å². The molecular weight excluding hydrogens is 280 g/mol. The Morgan fingerprint density at radius 1 is 1.32 bits per heavy atom. The van der Waals surface area contributed by atoms with E-state index in [1.165, 1.54) is 0 Å². The molecule has 2 N–H and O–H groups in total. The Balaban J connectivity index is 1.90. The third kappa shape index (κ3) is 5.18. The minimum absolute atomic E-state index is 0.201. The first kappa shape index (κ1) is 16.0. The van der Waals surface area contributed by atoms with Crippen molar-refractivity contribution in [1.82, 2.24) is 10.3 Å². The maximum Gasteiger partial charge on any atom is 0.251 e. The second kappa shape index (κ2) is 8.14. The van der Waals surface area contributed by atoms with Crippen molar-refractivity contribution in [1.29, 1.82) is 0 Å². The van der Waals surface area contributed by atoms with Gasteiger partial charge in [-0.2, -0.15) is 0 Å². The lowest BCUT2D eigenvalue weighted by Gasteiger charge is -2.09. The van der Waals surface area contributed by atoms with Gasteiger partial charge in [0.05, 0.1) is 6.10 Å². The maximum atomic E-state index is 12.0. The highest BCUT2D eigenvalue weighted by Crippen LogP contribution is 2.11. The van der Waals surface area contributed by atoms with Crippen LogP contribution in [0.5, 0.6) is 5.88 Å². The molecule has 116 valence electrons. The largest absolute Gasteiger partial charge is 0.473 e. The maximum absolute atomic E-state index is 12.0. The molecule has 1 atom stereocenters. The minimum atomic E-state index is -0.428. The summed E-state index contributed by atoms with van der Waals surface area (Å²) in [5, 5.41) is 11.9. The first-order chi connectivity index (χ1) is 10.6. The summed E-state index contributed by atoms with van der Waals surface area (Å²) in [6.45, 7) is 2.52. The molecule has 5 nitrogen and oxygen atoms in total. The summed E-state index contributed by atoms with van der Waals surface area (Å²) >= 11 is 0. The van der Waals surface area contributed by atoms with E-state index in [2.05, 4.69) is 10.3 Å². The van der Waals surface area contributed by atoms with E-state index in [4.69, 9.17) is 4.74 Å². The molecule has 0 aliphatic heterocycles. The van der Waals surface area contributed by atoms with Crippen LogP contribution >= 0.6 is 0 Å². The van der Waals surface area contributed by atoms with Gasteiger partial charge in [-0.3, -0.25) is 4.79 Å². The second-order valence-electron chi connectivity index (χ2n) is 5.05. The summed E-state index contributed by atoms with van der Waals surface area (Å²) in [4.78, 5) is 16.1. The number of aliphatic hydroxyl groups excluding tert-OH is 1. The van der Waals surface area contributed by atoms with Crippen LogP contribution in [0, 0.1) is 0 Å². The van der Waals surface area contributed by atoms with Crippen LogP contribution in [0.25, 0.3) is 0 Å². The van der Waals surface area contributed by atoms with Crippen molar-refractivity contribution in [2.45, 2.75) is 26.1 Å². The zero-order valence-corrected chi connectivity index (χ0v) is 12.5. The average molecular weight is 300 g/mol. The Hall–Kier alpha value is -2.40. The second-order valence-corrected chi connectivity index (χ2v) is 5.05. The van der Waals surface area contributed by atoms with E-state index in [1.807, 2.05) is 30.3 Å². The van der Waals surface area contributed by atoms with Crippen LogP contribution < -0.4 is 10.1 Å². The molecule has 0 aliphatic rings. The monoisotopic (exact) mass is 300 g/mol. The Bertz CT molecular complexity index is 600. The highest BCUT2D eigenvalue weighted by Gasteiger charge is 2.08. The number of nitrogens with one attached hydrogen (secondary N) is 1. The quantitative estimate of drug-likeness (QED) is 0.822. The van der Waals surface area contributed by atoms with Crippen LogP contribution in [0.4, 0.5) is 0 Å². The van der Waals surface area contributed by atoms with Crippen LogP contribution in [0.1, 0.15) is 29.3 Å². The van der Waals surface area contributed by atoms with Crippen molar-refractivity contribution in [3.8, 4) is 5.88 Å². The molecule has 0 spiro atoms. The number of rotatable bonds is 7. The van der Waals surface area contributed by atoms with Gasteiger partial charge < -0.3 is 15.2 Å². The van der Waals surface area contributed by atoms with Crippen molar-refractivity contribution in [2.24, 2.45) is 0 Å². The van der Waals surface area contributed by atoms with E-state index in [0.29, 0.717) is 31.0 Å². The Labute approximate surface area is 130 Å². The Morgan fingerprint density at radius 2 is 2.09 bits per heavy atom. The van der Waals surface area contributed by atoms with Crippen molar-refractivity contribution in [3.05, 3.63) is 59.8 Å². The molecule has 0 saturated carbocycles. The van der Waals surface area contributed by atoms with E-state index in [9.17, 15) is 9.90 Å². The Kier molecular flexibility index (Phi) is 5.91. The number of hydrogen-bond acceptors (Lipinski definition) is 4. The first-order valence-corrected chi connectivity index (χ1v) is 7.24. The normalized spacial score (nSPS) is 11.7. The Morgan fingerprint density at radius 3 is 2.82 bits per heavy atom. The van der Waals surface area contributed by atoms with Crippen LogP contribution in [-0.2, 0) is 6.61 Å². The fourth-order valence-corrected chi connectivity index (χ4v) is 1.86. The molecule has 22 heavy (non-hydrogen) atoms. The molecule has 1 unspecified atom stereocenters. The summed E-state index contributed by atoms with van der Waals surface area (Å²) in [6.07, 6.45) is 1.64. The molecule has 1 heterocycles. The number of ether oxygens (including phenoxy) is 1. The van der Waals surface area contributed by atoms with Gasteiger partial charge in [0.2, 0.25) is 5.88 Å². The zero-order valence-electron chi connectivity index (χ0n) is 12.5. The number of pyridine rings is 1. The molecule has 0 aliphatic carbocycles. The molecule has 0 fully saturated rings. The number of aliphatic hydroxyl groups is 1. The van der Waals surface area contributed by atoms with Gasteiger partial charge >= 0.3 is 0 Å².